The van der Waals surface area contributed by atoms with Crippen LogP contribution in [-0.2, 0) is 10.0 Å². The van der Waals surface area contributed by atoms with Crippen LogP contribution in [0.15, 0.2) is 32.9 Å². The molecule has 1 N–H and O–H groups in total. The van der Waals surface area contributed by atoms with Gasteiger partial charge in [-0.1, -0.05) is 23.2 Å². The number of nitrogens with zero attached hydrogens (tertiary/aromatic N) is 1. The van der Waals surface area contributed by atoms with E-state index in [9.17, 15) is 8.42 Å². The molecule has 1 aromatic carbocycles. The molecular formula is C15H15BrCl2N2O3S2. The Morgan fingerprint density at radius 2 is 2.12 bits per heavy atom. The number of anilines is 1. The fourth-order valence-corrected chi connectivity index (χ4v) is 6.00. The molecule has 0 radical (unpaired) electrons. The molecule has 0 saturated carbocycles. The predicted molar refractivity (Wildman–Crippen MR) is 106 cm³/mol. The van der Waals surface area contributed by atoms with E-state index in [4.69, 9.17) is 27.9 Å². The summed E-state index contributed by atoms with van der Waals surface area (Å²) in [5.41, 5.74) is 0.381. The fourth-order valence-electron chi connectivity index (χ4n) is 2.49. The lowest BCUT2D eigenvalue weighted by molar-refractivity contribution is 0.208. The van der Waals surface area contributed by atoms with Crippen LogP contribution in [0.2, 0.25) is 9.36 Å². The first-order chi connectivity index (χ1) is 11.7. The van der Waals surface area contributed by atoms with Crippen LogP contribution < -0.4 is 9.46 Å². The molecule has 25 heavy (non-hydrogen) atoms. The minimum absolute atomic E-state index is 0.0430. The van der Waals surface area contributed by atoms with Crippen molar-refractivity contribution in [2.75, 3.05) is 24.9 Å². The average Bonchev–Trinajstić information content (AvgIpc) is 3.09. The summed E-state index contributed by atoms with van der Waals surface area (Å²) in [7, 11) is -1.71. The second-order valence-corrected chi connectivity index (χ2v) is 10.6. The molecule has 2 aromatic rings. The van der Waals surface area contributed by atoms with Crippen LogP contribution in [0.25, 0.3) is 0 Å². The third-order valence-corrected chi connectivity index (χ3v) is 8.35. The van der Waals surface area contributed by atoms with Crippen LogP contribution in [0, 0.1) is 0 Å². The number of likely N-dealkylation sites (N-methyl/N-ethyl adjacent to an activating group) is 1. The van der Waals surface area contributed by atoms with Gasteiger partial charge in [0.2, 0.25) is 0 Å². The molecule has 1 aromatic heterocycles. The van der Waals surface area contributed by atoms with Crippen LogP contribution in [0.4, 0.5) is 5.69 Å². The summed E-state index contributed by atoms with van der Waals surface area (Å²) in [6.45, 7) is 1.77. The van der Waals surface area contributed by atoms with Gasteiger partial charge in [-0.3, -0.25) is 4.72 Å². The standard InChI is InChI=1S/C15H15BrCl2N2O3S2/c1-20-5-4-10(8-20)23-13-6-9(2-3-12(13)17)19-25(21,22)14-7-11(16)15(18)24-14/h2-3,6-7,10,19H,4-5,8H2,1H3. The number of halogens is 3. The van der Waals surface area contributed by atoms with Gasteiger partial charge in [0, 0.05) is 23.6 Å². The fraction of sp³-hybridized carbons (Fsp3) is 0.333. The van der Waals surface area contributed by atoms with Crippen molar-refractivity contribution in [3.05, 3.63) is 38.1 Å². The van der Waals surface area contributed by atoms with Crippen LogP contribution in [-0.4, -0.2) is 39.6 Å². The van der Waals surface area contributed by atoms with E-state index in [0.717, 1.165) is 30.8 Å². The molecule has 1 atom stereocenters. The molecule has 0 aliphatic carbocycles. The zero-order valence-corrected chi connectivity index (χ0v) is 17.9. The Balaban J connectivity index is 1.79. The van der Waals surface area contributed by atoms with Gasteiger partial charge in [0.1, 0.15) is 20.4 Å². The van der Waals surface area contributed by atoms with Crippen LogP contribution in [0.3, 0.4) is 0 Å². The Hall–Kier alpha value is -0.510. The predicted octanol–water partition coefficient (Wildman–Crippen LogP) is 4.70. The maximum absolute atomic E-state index is 12.5. The number of ether oxygens (including phenoxy) is 1. The Morgan fingerprint density at radius 3 is 2.72 bits per heavy atom. The van der Waals surface area contributed by atoms with Gasteiger partial charge in [-0.15, -0.1) is 11.3 Å². The number of nitrogens with one attached hydrogen (secondary N) is 1. The average molecular weight is 486 g/mol. The second kappa shape index (κ2) is 7.62. The first-order valence-electron chi connectivity index (χ1n) is 7.37. The number of likely N-dealkylation sites (tertiary alicyclic amines) is 1. The van der Waals surface area contributed by atoms with Gasteiger partial charge < -0.3 is 9.64 Å². The number of thiophene rings is 1. The van der Waals surface area contributed by atoms with Crippen molar-refractivity contribution in [1.82, 2.24) is 4.90 Å². The van der Waals surface area contributed by atoms with E-state index < -0.39 is 10.0 Å². The summed E-state index contributed by atoms with van der Waals surface area (Å²) in [5.74, 6) is 0.465. The lowest BCUT2D eigenvalue weighted by Crippen LogP contribution is -2.21. The molecule has 0 amide bonds. The van der Waals surface area contributed by atoms with Gasteiger partial charge in [-0.05, 0) is 47.6 Å². The molecular weight excluding hydrogens is 471 g/mol. The van der Waals surface area contributed by atoms with Crippen LogP contribution >= 0.6 is 50.5 Å². The third kappa shape index (κ3) is 4.61. The minimum Gasteiger partial charge on any atom is -0.487 e. The summed E-state index contributed by atoms with van der Waals surface area (Å²) in [4.78, 5) is 2.17. The molecule has 1 unspecified atom stereocenters. The van der Waals surface area contributed by atoms with Gasteiger partial charge >= 0.3 is 0 Å². The molecule has 2 heterocycles. The summed E-state index contributed by atoms with van der Waals surface area (Å²) in [6, 6.07) is 6.28. The highest BCUT2D eigenvalue weighted by atomic mass is 79.9. The molecule has 0 bridgehead atoms. The molecule has 136 valence electrons. The Kier molecular flexibility index (Phi) is 5.87. The lowest BCUT2D eigenvalue weighted by atomic mass is 10.3. The monoisotopic (exact) mass is 484 g/mol. The van der Waals surface area contributed by atoms with Crippen molar-refractivity contribution in [1.29, 1.82) is 0 Å². The normalized spacial score (nSPS) is 18.5. The van der Waals surface area contributed by atoms with E-state index in [1.165, 1.54) is 6.07 Å². The lowest BCUT2D eigenvalue weighted by Gasteiger charge is -2.16. The minimum atomic E-state index is -3.73. The number of hydrogen-bond acceptors (Lipinski definition) is 5. The maximum Gasteiger partial charge on any atom is 0.271 e. The van der Waals surface area contributed by atoms with Gasteiger partial charge in [-0.25, -0.2) is 8.42 Å². The van der Waals surface area contributed by atoms with Crippen molar-refractivity contribution >= 4 is 66.2 Å². The second-order valence-electron chi connectivity index (χ2n) is 5.73. The molecule has 1 aliphatic heterocycles. The smallest absolute Gasteiger partial charge is 0.271 e. The zero-order chi connectivity index (χ0) is 18.2. The molecule has 5 nitrogen and oxygen atoms in total. The highest BCUT2D eigenvalue weighted by Gasteiger charge is 2.23. The van der Waals surface area contributed by atoms with Crippen molar-refractivity contribution in [3.63, 3.8) is 0 Å². The highest BCUT2D eigenvalue weighted by Crippen LogP contribution is 2.36. The number of benzene rings is 1. The molecule has 1 aliphatic rings. The molecule has 0 spiro atoms. The Bertz CT molecular complexity index is 869. The van der Waals surface area contributed by atoms with E-state index in [-0.39, 0.29) is 10.3 Å². The maximum atomic E-state index is 12.5. The topological polar surface area (TPSA) is 58.6 Å². The van der Waals surface area contributed by atoms with Gasteiger partial charge in [0.05, 0.1) is 10.7 Å². The van der Waals surface area contributed by atoms with Crippen LogP contribution in [0.5, 0.6) is 5.75 Å². The highest BCUT2D eigenvalue weighted by molar-refractivity contribution is 9.10. The van der Waals surface area contributed by atoms with Crippen molar-refractivity contribution < 1.29 is 13.2 Å². The third-order valence-electron chi connectivity index (χ3n) is 3.71. The first kappa shape index (κ1) is 19.3. The van der Waals surface area contributed by atoms with E-state index in [1.54, 1.807) is 18.2 Å². The zero-order valence-electron chi connectivity index (χ0n) is 13.1. The van der Waals surface area contributed by atoms with Crippen molar-refractivity contribution in [2.45, 2.75) is 16.7 Å². The molecule has 10 heteroatoms. The van der Waals surface area contributed by atoms with E-state index >= 15 is 0 Å². The summed E-state index contributed by atoms with van der Waals surface area (Å²) < 4.78 is 34.5. The van der Waals surface area contributed by atoms with Gasteiger partial charge in [0.15, 0.2) is 0 Å². The number of rotatable bonds is 5. The quantitative estimate of drug-likeness (QED) is 0.666. The number of sulfonamides is 1. The first-order valence-corrected chi connectivity index (χ1v) is 11.2. The van der Waals surface area contributed by atoms with Crippen LogP contribution in [0.1, 0.15) is 6.42 Å². The molecule has 3 rings (SSSR count). The summed E-state index contributed by atoms with van der Waals surface area (Å²) in [6.07, 6.45) is 0.950. The van der Waals surface area contributed by atoms with Crippen molar-refractivity contribution in [3.8, 4) is 5.75 Å². The van der Waals surface area contributed by atoms with Crippen molar-refractivity contribution in [2.24, 2.45) is 0 Å². The van der Waals surface area contributed by atoms with E-state index in [1.807, 2.05) is 7.05 Å². The number of hydrogen-bond donors (Lipinski definition) is 1. The SMILES string of the molecule is CN1CCC(Oc2cc(NS(=O)(=O)c3cc(Br)c(Cl)s3)ccc2Cl)C1. The molecule has 1 saturated heterocycles. The Labute approximate surface area is 169 Å². The van der Waals surface area contributed by atoms with E-state index in [0.29, 0.717) is 25.3 Å². The summed E-state index contributed by atoms with van der Waals surface area (Å²) >= 11 is 16.3. The van der Waals surface area contributed by atoms with Gasteiger partial charge in [-0.2, -0.15) is 0 Å². The summed E-state index contributed by atoms with van der Waals surface area (Å²) in [5, 5.41) is 0.444. The Morgan fingerprint density at radius 1 is 1.36 bits per heavy atom. The van der Waals surface area contributed by atoms with Gasteiger partial charge in [0.25, 0.3) is 10.0 Å². The largest absolute Gasteiger partial charge is 0.487 e. The van der Waals surface area contributed by atoms with E-state index in [2.05, 4.69) is 25.6 Å². The molecule has 1 fully saturated rings.